The van der Waals surface area contributed by atoms with E-state index in [-0.39, 0.29) is 6.04 Å². The molecule has 4 N–H and O–H groups in total. The summed E-state index contributed by atoms with van der Waals surface area (Å²) in [6, 6.07) is -0.145. The van der Waals surface area contributed by atoms with Crippen LogP contribution in [-0.2, 0) is 0 Å². The number of alkyl halides is 3. The largest absolute Gasteiger partial charge is 0.409 e. The van der Waals surface area contributed by atoms with Crippen molar-refractivity contribution in [3.05, 3.63) is 12.7 Å². The normalized spacial score (nSPS) is 16.9. The number of nitrogens with one attached hydrogen (secondary N) is 1. The zero-order valence-corrected chi connectivity index (χ0v) is 8.96. The van der Waals surface area contributed by atoms with Crippen molar-refractivity contribution in [2.75, 3.05) is 6.54 Å². The molecule has 0 spiro atoms. The van der Waals surface area contributed by atoms with Crippen LogP contribution in [0.1, 0.15) is 13.3 Å². The molecule has 0 aromatic carbocycles. The summed E-state index contributed by atoms with van der Waals surface area (Å²) in [7, 11) is 0. The fourth-order valence-corrected chi connectivity index (χ4v) is 1.11. The number of halogens is 3. The molecular formula is C9H16F3N3O. The van der Waals surface area contributed by atoms with Crippen LogP contribution in [0, 0.1) is 5.92 Å². The highest BCUT2D eigenvalue weighted by atomic mass is 19.4. The van der Waals surface area contributed by atoms with Gasteiger partial charge in [0.05, 0.1) is 0 Å². The molecule has 0 saturated carbocycles. The summed E-state index contributed by atoms with van der Waals surface area (Å²) in [5, 5.41) is 13.3. The van der Waals surface area contributed by atoms with Crippen molar-refractivity contribution in [2.45, 2.75) is 25.6 Å². The van der Waals surface area contributed by atoms with E-state index in [1.807, 2.05) is 0 Å². The minimum absolute atomic E-state index is 0.145. The smallest absolute Gasteiger partial charge is 0.400 e. The third-order valence-electron chi connectivity index (χ3n) is 2.06. The van der Waals surface area contributed by atoms with E-state index in [1.54, 1.807) is 13.0 Å². The molecule has 0 saturated heterocycles. The van der Waals surface area contributed by atoms with E-state index in [1.165, 1.54) is 0 Å². The van der Waals surface area contributed by atoms with Crippen LogP contribution in [0.2, 0.25) is 0 Å². The van der Waals surface area contributed by atoms with Gasteiger partial charge in [-0.3, -0.25) is 0 Å². The highest BCUT2D eigenvalue weighted by Crippen LogP contribution is 2.25. The van der Waals surface area contributed by atoms with Crippen molar-refractivity contribution in [3.8, 4) is 0 Å². The summed E-state index contributed by atoms with van der Waals surface area (Å²) in [4.78, 5) is 0. The van der Waals surface area contributed by atoms with E-state index in [9.17, 15) is 13.2 Å². The van der Waals surface area contributed by atoms with E-state index < -0.39 is 24.5 Å². The Morgan fingerprint density at radius 1 is 1.62 bits per heavy atom. The molecule has 0 aromatic heterocycles. The molecular weight excluding hydrogens is 223 g/mol. The average molecular weight is 239 g/mol. The van der Waals surface area contributed by atoms with Gasteiger partial charge < -0.3 is 16.3 Å². The molecule has 0 rings (SSSR count). The Kier molecular flexibility index (Phi) is 5.87. The van der Waals surface area contributed by atoms with E-state index >= 15 is 0 Å². The minimum Gasteiger partial charge on any atom is -0.409 e. The van der Waals surface area contributed by atoms with E-state index in [0.717, 1.165) is 0 Å². The van der Waals surface area contributed by atoms with E-state index in [2.05, 4.69) is 17.1 Å². The third kappa shape index (κ3) is 5.01. The molecule has 0 radical (unpaired) electrons. The third-order valence-corrected chi connectivity index (χ3v) is 2.06. The quantitative estimate of drug-likeness (QED) is 0.216. The van der Waals surface area contributed by atoms with E-state index in [4.69, 9.17) is 10.9 Å². The monoisotopic (exact) mass is 239 g/mol. The molecule has 16 heavy (non-hydrogen) atoms. The first-order chi connectivity index (χ1) is 7.32. The first kappa shape index (κ1) is 14.8. The molecule has 0 bridgehead atoms. The number of nitrogens with zero attached hydrogens (tertiary/aromatic N) is 1. The lowest BCUT2D eigenvalue weighted by Gasteiger charge is -2.21. The second kappa shape index (κ2) is 6.37. The number of nitrogens with two attached hydrogens (primary N) is 1. The van der Waals surface area contributed by atoms with Gasteiger partial charge in [0, 0.05) is 12.6 Å². The second-order valence-corrected chi connectivity index (χ2v) is 3.45. The lowest BCUT2D eigenvalue weighted by molar-refractivity contribution is -0.155. The Hall–Kier alpha value is -1.24. The van der Waals surface area contributed by atoms with Gasteiger partial charge in [-0.1, -0.05) is 11.2 Å². The van der Waals surface area contributed by atoms with Crippen molar-refractivity contribution in [1.29, 1.82) is 0 Å². The maximum absolute atomic E-state index is 12.5. The van der Waals surface area contributed by atoms with Gasteiger partial charge >= 0.3 is 6.18 Å². The van der Waals surface area contributed by atoms with Crippen molar-refractivity contribution in [2.24, 2.45) is 16.8 Å². The highest BCUT2D eigenvalue weighted by molar-refractivity contribution is 5.83. The molecule has 2 unspecified atom stereocenters. The van der Waals surface area contributed by atoms with Gasteiger partial charge in [-0.25, -0.2) is 0 Å². The van der Waals surface area contributed by atoms with Gasteiger partial charge in [0.1, 0.15) is 5.92 Å². The number of amidine groups is 1. The van der Waals surface area contributed by atoms with Crippen LogP contribution in [0.15, 0.2) is 17.8 Å². The maximum Gasteiger partial charge on any atom is 0.400 e. The van der Waals surface area contributed by atoms with Gasteiger partial charge in [-0.2, -0.15) is 13.2 Å². The molecule has 0 aliphatic carbocycles. The highest BCUT2D eigenvalue weighted by Gasteiger charge is 2.42. The molecule has 0 fully saturated rings. The zero-order valence-electron chi connectivity index (χ0n) is 8.96. The lowest BCUT2D eigenvalue weighted by atomic mass is 10.1. The van der Waals surface area contributed by atoms with Gasteiger partial charge in [0.2, 0.25) is 0 Å². The van der Waals surface area contributed by atoms with Crippen LogP contribution >= 0.6 is 0 Å². The van der Waals surface area contributed by atoms with Crippen LogP contribution in [-0.4, -0.2) is 29.8 Å². The standard InChI is InChI=1S/C9H16F3N3O/c1-3-4-6(2)14-5-7(8(13)15-16)9(10,11)12/h3,6-7,14,16H,1,4-5H2,2H3,(H2,13,15). The molecule has 0 amide bonds. The summed E-state index contributed by atoms with van der Waals surface area (Å²) in [5.41, 5.74) is 4.98. The Balaban J connectivity index is 4.41. The Morgan fingerprint density at radius 2 is 2.19 bits per heavy atom. The molecule has 0 aliphatic rings. The predicted octanol–water partition coefficient (Wildman–Crippen LogP) is 1.47. The van der Waals surface area contributed by atoms with Crippen LogP contribution in [0.3, 0.4) is 0 Å². The van der Waals surface area contributed by atoms with Crippen molar-refractivity contribution in [1.82, 2.24) is 5.32 Å². The molecule has 2 atom stereocenters. The van der Waals surface area contributed by atoms with E-state index in [0.29, 0.717) is 6.42 Å². The van der Waals surface area contributed by atoms with Crippen molar-refractivity contribution < 1.29 is 18.4 Å². The number of hydrogen-bond donors (Lipinski definition) is 3. The maximum atomic E-state index is 12.5. The first-order valence-electron chi connectivity index (χ1n) is 4.71. The van der Waals surface area contributed by atoms with Crippen LogP contribution in [0.5, 0.6) is 0 Å². The van der Waals surface area contributed by atoms with Crippen LogP contribution in [0.25, 0.3) is 0 Å². The summed E-state index contributed by atoms with van der Waals surface area (Å²) >= 11 is 0. The molecule has 4 nitrogen and oxygen atoms in total. The van der Waals surface area contributed by atoms with Gasteiger partial charge in [0.25, 0.3) is 0 Å². The molecule has 0 aromatic rings. The van der Waals surface area contributed by atoms with Crippen molar-refractivity contribution in [3.63, 3.8) is 0 Å². The van der Waals surface area contributed by atoms with Gasteiger partial charge in [-0.15, -0.1) is 6.58 Å². The fraction of sp³-hybridized carbons (Fsp3) is 0.667. The first-order valence-corrected chi connectivity index (χ1v) is 4.71. The Bertz CT molecular complexity index is 253. The predicted molar refractivity (Wildman–Crippen MR) is 55.2 cm³/mol. The number of oxime groups is 1. The number of hydrogen-bond acceptors (Lipinski definition) is 3. The zero-order chi connectivity index (χ0) is 12.8. The Labute approximate surface area is 92.0 Å². The second-order valence-electron chi connectivity index (χ2n) is 3.45. The van der Waals surface area contributed by atoms with Crippen molar-refractivity contribution >= 4 is 5.84 Å². The summed E-state index contributed by atoms with van der Waals surface area (Å²) in [5.74, 6) is -2.82. The van der Waals surface area contributed by atoms with Gasteiger partial charge in [0.15, 0.2) is 5.84 Å². The molecule has 94 valence electrons. The lowest BCUT2D eigenvalue weighted by Crippen LogP contribution is -2.44. The Morgan fingerprint density at radius 3 is 2.56 bits per heavy atom. The summed E-state index contributed by atoms with van der Waals surface area (Å²) < 4.78 is 37.4. The topological polar surface area (TPSA) is 70.6 Å². The molecule has 0 heterocycles. The van der Waals surface area contributed by atoms with Crippen LogP contribution in [0.4, 0.5) is 13.2 Å². The summed E-state index contributed by atoms with van der Waals surface area (Å²) in [6.45, 7) is 4.78. The molecule has 7 heteroatoms. The minimum atomic E-state index is -4.53. The molecule has 0 aliphatic heterocycles. The fourth-order valence-electron chi connectivity index (χ4n) is 1.11. The summed E-state index contributed by atoms with van der Waals surface area (Å²) in [6.07, 6.45) is -2.39. The SMILES string of the molecule is C=CCC(C)NCC(/C(N)=N/O)C(F)(F)F. The number of rotatable bonds is 6. The van der Waals surface area contributed by atoms with Crippen LogP contribution < -0.4 is 11.1 Å². The average Bonchev–Trinajstić information content (AvgIpc) is 2.16. The van der Waals surface area contributed by atoms with Gasteiger partial charge in [-0.05, 0) is 13.3 Å².